The number of carbonyl (C=O) groups excluding carboxylic acids is 1. The summed E-state index contributed by atoms with van der Waals surface area (Å²) in [5.74, 6) is -3.32. The minimum Gasteiger partial charge on any atom is -0.381 e. The van der Waals surface area contributed by atoms with E-state index in [9.17, 15) is 22.0 Å². The fourth-order valence-corrected chi connectivity index (χ4v) is 2.75. The summed E-state index contributed by atoms with van der Waals surface area (Å²) in [5, 5.41) is 2.14. The van der Waals surface area contributed by atoms with Crippen molar-refractivity contribution < 1.29 is 26.7 Å². The van der Waals surface area contributed by atoms with Crippen molar-refractivity contribution >= 4 is 31.3 Å². The average molecular weight is 340 g/mol. The molecular formula is C12H12ClF2NO4S. The molecule has 21 heavy (non-hydrogen) atoms. The largest absolute Gasteiger partial charge is 0.381 e. The van der Waals surface area contributed by atoms with Crippen LogP contribution in [0.5, 0.6) is 0 Å². The molecule has 2 rings (SSSR count). The first-order valence-electron chi connectivity index (χ1n) is 6.11. The van der Waals surface area contributed by atoms with Crippen LogP contribution >= 0.6 is 10.7 Å². The van der Waals surface area contributed by atoms with Crippen LogP contribution in [0.15, 0.2) is 17.0 Å². The molecule has 0 bridgehead atoms. The number of amides is 1. The molecule has 1 fully saturated rings. The molecule has 1 N–H and O–H groups in total. The third-order valence-electron chi connectivity index (χ3n) is 3.14. The minimum atomic E-state index is -4.25. The van der Waals surface area contributed by atoms with Crippen LogP contribution in [-0.4, -0.2) is 27.5 Å². The third kappa shape index (κ3) is 3.90. The van der Waals surface area contributed by atoms with E-state index in [-0.39, 0.29) is 0 Å². The smallest absolute Gasteiger partial charge is 0.261 e. The van der Waals surface area contributed by atoms with Crippen LogP contribution in [0, 0.1) is 17.6 Å². The molecule has 0 aromatic heterocycles. The van der Waals surface area contributed by atoms with Crippen molar-refractivity contribution in [2.75, 3.05) is 18.5 Å². The van der Waals surface area contributed by atoms with Gasteiger partial charge in [-0.3, -0.25) is 4.79 Å². The molecule has 1 heterocycles. The predicted octanol–water partition coefficient (Wildman–Crippen LogP) is 2.26. The first-order valence-corrected chi connectivity index (χ1v) is 8.42. The SMILES string of the molecule is O=C(Nc1c(F)cc(S(=O)(=O)Cl)cc1F)C1CCOCC1. The second kappa shape index (κ2) is 6.25. The van der Waals surface area contributed by atoms with Gasteiger partial charge in [-0.2, -0.15) is 0 Å². The molecule has 1 aliphatic heterocycles. The molecule has 0 radical (unpaired) electrons. The minimum absolute atomic E-state index is 0.394. The van der Waals surface area contributed by atoms with E-state index >= 15 is 0 Å². The van der Waals surface area contributed by atoms with Crippen molar-refractivity contribution in [1.82, 2.24) is 0 Å². The summed E-state index contributed by atoms with van der Waals surface area (Å²) in [6.45, 7) is 0.818. The number of nitrogens with one attached hydrogen (secondary N) is 1. The van der Waals surface area contributed by atoms with Crippen LogP contribution in [0.1, 0.15) is 12.8 Å². The summed E-state index contributed by atoms with van der Waals surface area (Å²) in [4.78, 5) is 11.2. The van der Waals surface area contributed by atoms with Crippen molar-refractivity contribution in [2.45, 2.75) is 17.7 Å². The maximum Gasteiger partial charge on any atom is 0.261 e. The quantitative estimate of drug-likeness (QED) is 0.857. The molecule has 9 heteroatoms. The summed E-state index contributed by atoms with van der Waals surface area (Å²) in [6.07, 6.45) is 0.923. The zero-order valence-corrected chi connectivity index (χ0v) is 12.3. The fourth-order valence-electron chi connectivity index (χ4n) is 2.00. The zero-order valence-electron chi connectivity index (χ0n) is 10.7. The summed E-state index contributed by atoms with van der Waals surface area (Å²) in [6, 6.07) is 1.12. The molecule has 1 aliphatic rings. The van der Waals surface area contributed by atoms with Crippen LogP contribution in [0.3, 0.4) is 0 Å². The van der Waals surface area contributed by atoms with E-state index in [1.165, 1.54) is 0 Å². The van der Waals surface area contributed by atoms with Gasteiger partial charge in [0.05, 0.1) is 4.90 Å². The molecule has 1 aromatic carbocycles. The Kier molecular flexibility index (Phi) is 4.80. The number of halogens is 3. The Morgan fingerprint density at radius 2 is 1.76 bits per heavy atom. The number of anilines is 1. The number of rotatable bonds is 3. The van der Waals surface area contributed by atoms with Gasteiger partial charge in [0, 0.05) is 29.8 Å². The second-order valence-electron chi connectivity index (χ2n) is 4.58. The Hall–Kier alpha value is -1.25. The number of hydrogen-bond donors (Lipinski definition) is 1. The predicted molar refractivity (Wildman–Crippen MR) is 71.6 cm³/mol. The first-order chi connectivity index (χ1) is 9.79. The molecule has 0 aliphatic carbocycles. The van der Waals surface area contributed by atoms with Gasteiger partial charge in [-0.25, -0.2) is 17.2 Å². The normalized spacial score (nSPS) is 16.7. The van der Waals surface area contributed by atoms with Gasteiger partial charge in [0.25, 0.3) is 9.05 Å². The van der Waals surface area contributed by atoms with Gasteiger partial charge in [0.2, 0.25) is 5.91 Å². The van der Waals surface area contributed by atoms with Gasteiger partial charge in [0.1, 0.15) is 5.69 Å². The van der Waals surface area contributed by atoms with Crippen LogP contribution < -0.4 is 5.32 Å². The van der Waals surface area contributed by atoms with E-state index in [2.05, 4.69) is 5.32 Å². The number of hydrogen-bond acceptors (Lipinski definition) is 4. The molecule has 0 spiro atoms. The first kappa shape index (κ1) is 16.1. The van der Waals surface area contributed by atoms with Crippen molar-refractivity contribution in [3.05, 3.63) is 23.8 Å². The van der Waals surface area contributed by atoms with Crippen molar-refractivity contribution in [3.8, 4) is 0 Å². The Labute approximate surface area is 124 Å². The lowest BCUT2D eigenvalue weighted by Crippen LogP contribution is -2.29. The molecule has 0 unspecified atom stereocenters. The number of carbonyl (C=O) groups is 1. The Morgan fingerprint density at radius 3 is 2.24 bits per heavy atom. The standard InChI is InChI=1S/C12H12ClF2NO4S/c13-21(18,19)8-5-9(14)11(10(15)6-8)16-12(17)7-1-3-20-4-2-7/h5-7H,1-4H2,(H,16,17). The van der Waals surface area contributed by atoms with Crippen molar-refractivity contribution in [3.63, 3.8) is 0 Å². The highest BCUT2D eigenvalue weighted by atomic mass is 35.7. The fraction of sp³-hybridized carbons (Fsp3) is 0.417. The molecule has 5 nitrogen and oxygen atoms in total. The molecule has 1 aromatic rings. The molecular weight excluding hydrogens is 328 g/mol. The van der Waals surface area contributed by atoms with E-state index in [1.54, 1.807) is 0 Å². The zero-order chi connectivity index (χ0) is 15.6. The Balaban J connectivity index is 2.22. The lowest BCUT2D eigenvalue weighted by Gasteiger charge is -2.21. The monoisotopic (exact) mass is 339 g/mol. The Bertz CT molecular complexity index is 636. The molecule has 116 valence electrons. The lowest BCUT2D eigenvalue weighted by molar-refractivity contribution is -0.122. The summed E-state index contributed by atoms with van der Waals surface area (Å²) >= 11 is 0. The molecule has 1 saturated heterocycles. The van der Waals surface area contributed by atoms with Crippen molar-refractivity contribution in [1.29, 1.82) is 0 Å². The van der Waals surface area contributed by atoms with Crippen LogP contribution in [0.2, 0.25) is 0 Å². The van der Waals surface area contributed by atoms with Gasteiger partial charge in [-0.1, -0.05) is 0 Å². The van der Waals surface area contributed by atoms with Crippen LogP contribution in [0.4, 0.5) is 14.5 Å². The van der Waals surface area contributed by atoms with Gasteiger partial charge >= 0.3 is 0 Å². The van der Waals surface area contributed by atoms with Crippen molar-refractivity contribution in [2.24, 2.45) is 5.92 Å². The van der Waals surface area contributed by atoms with E-state index in [4.69, 9.17) is 15.4 Å². The highest BCUT2D eigenvalue weighted by molar-refractivity contribution is 8.13. The van der Waals surface area contributed by atoms with Gasteiger partial charge in [-0.15, -0.1) is 0 Å². The highest BCUT2D eigenvalue weighted by Crippen LogP contribution is 2.26. The van der Waals surface area contributed by atoms with Gasteiger partial charge in [-0.05, 0) is 25.0 Å². The summed E-state index contributed by atoms with van der Waals surface area (Å²) < 4.78 is 54.7. The van der Waals surface area contributed by atoms with Gasteiger partial charge in [0.15, 0.2) is 11.6 Å². The van der Waals surface area contributed by atoms with E-state index < -0.39 is 43.1 Å². The van der Waals surface area contributed by atoms with Crippen LogP contribution in [0.25, 0.3) is 0 Å². The van der Waals surface area contributed by atoms with E-state index in [1.807, 2.05) is 0 Å². The maximum absolute atomic E-state index is 13.8. The highest BCUT2D eigenvalue weighted by Gasteiger charge is 2.25. The van der Waals surface area contributed by atoms with E-state index in [0.29, 0.717) is 38.2 Å². The van der Waals surface area contributed by atoms with Crippen LogP contribution in [-0.2, 0) is 18.6 Å². The molecule has 0 atom stereocenters. The average Bonchev–Trinajstić information content (AvgIpc) is 2.42. The summed E-state index contributed by atoms with van der Waals surface area (Å²) in [7, 11) is 0.769. The van der Waals surface area contributed by atoms with E-state index in [0.717, 1.165) is 0 Å². The lowest BCUT2D eigenvalue weighted by atomic mass is 9.99. The van der Waals surface area contributed by atoms with Gasteiger partial charge < -0.3 is 10.1 Å². The molecule has 1 amide bonds. The second-order valence-corrected chi connectivity index (χ2v) is 7.14. The topological polar surface area (TPSA) is 72.5 Å². The molecule has 0 saturated carbocycles. The number of benzene rings is 1. The third-order valence-corrected chi connectivity index (χ3v) is 4.47. The maximum atomic E-state index is 13.8. The number of ether oxygens (including phenoxy) is 1. The summed E-state index contributed by atoms with van der Waals surface area (Å²) in [5.41, 5.74) is -0.685. The Morgan fingerprint density at radius 1 is 1.24 bits per heavy atom.